The summed E-state index contributed by atoms with van der Waals surface area (Å²) >= 11 is 6.15. The van der Waals surface area contributed by atoms with E-state index in [1.807, 2.05) is 61.5 Å². The van der Waals surface area contributed by atoms with E-state index in [1.54, 1.807) is 6.08 Å². The molecule has 0 saturated carbocycles. The topological polar surface area (TPSA) is 47.6 Å². The molecular weight excluding hydrogens is 344 g/mol. The summed E-state index contributed by atoms with van der Waals surface area (Å²) in [6, 6.07) is 16.2. The third-order valence-electron chi connectivity index (χ3n) is 4.39. The molecule has 0 bridgehead atoms. The van der Waals surface area contributed by atoms with E-state index in [2.05, 4.69) is 23.7 Å². The highest BCUT2D eigenvalue weighted by atomic mass is 35.5. The molecule has 3 nitrogen and oxygen atoms in total. The molecule has 4 heteroatoms. The first-order chi connectivity index (χ1) is 12.6. The Morgan fingerprint density at radius 1 is 1.23 bits per heavy atom. The van der Waals surface area contributed by atoms with Crippen LogP contribution in [0.3, 0.4) is 0 Å². The smallest absolute Gasteiger partial charge is 0.283 e. The monoisotopic (exact) mass is 364 g/mol. The van der Waals surface area contributed by atoms with Gasteiger partial charge in [-0.15, -0.1) is 0 Å². The van der Waals surface area contributed by atoms with Crippen molar-refractivity contribution in [1.82, 2.24) is 0 Å². The molecule has 2 N–H and O–H groups in total. The number of ether oxygens (including phenoxy) is 1. The molecule has 2 aromatic carbocycles. The Balaban J connectivity index is 2.15. The molecule has 0 radical (unpaired) electrons. The lowest BCUT2D eigenvalue weighted by atomic mass is 9.82. The largest absolute Gasteiger partial charge is 0.462 e. The van der Waals surface area contributed by atoms with Gasteiger partial charge in [-0.1, -0.05) is 72.8 Å². The Morgan fingerprint density at radius 3 is 2.58 bits per heavy atom. The van der Waals surface area contributed by atoms with Crippen molar-refractivity contribution in [3.63, 3.8) is 0 Å². The van der Waals surface area contributed by atoms with Crippen molar-refractivity contribution in [1.29, 1.82) is 0 Å². The number of rotatable bonds is 5. The van der Waals surface area contributed by atoms with Gasteiger partial charge >= 0.3 is 0 Å². The molecule has 1 heterocycles. The number of nitrogens with zero attached hydrogens (tertiary/aromatic N) is 1. The fourth-order valence-corrected chi connectivity index (χ4v) is 3.28. The van der Waals surface area contributed by atoms with Crippen LogP contribution in [0.1, 0.15) is 12.5 Å². The maximum absolute atomic E-state index is 6.15. The Bertz CT molecular complexity index is 914. The van der Waals surface area contributed by atoms with Crippen LogP contribution in [0.25, 0.3) is 11.1 Å². The van der Waals surface area contributed by atoms with Crippen LogP contribution in [-0.4, -0.2) is 12.6 Å². The van der Waals surface area contributed by atoms with Crippen LogP contribution < -0.4 is 5.73 Å². The van der Waals surface area contributed by atoms with Crippen molar-refractivity contribution in [2.45, 2.75) is 12.5 Å². The molecule has 132 valence electrons. The number of allylic oxidation sites excluding steroid dienone is 3. The number of amidine groups is 1. The molecule has 1 atom stereocenters. The summed E-state index contributed by atoms with van der Waals surface area (Å²) in [5.41, 5.74) is 9.18. The number of benzene rings is 2. The quantitative estimate of drug-likeness (QED) is 0.738. The zero-order chi connectivity index (χ0) is 18.6. The first kappa shape index (κ1) is 18.0. The molecular formula is C22H21ClN2O. The first-order valence-electron chi connectivity index (χ1n) is 8.39. The SMILES string of the molecule is C=C/C(=C\C=C/C)C1(c2cccc(-c3cccc(Cl)c3)c2)COC(N)=N1. The number of hydrogen-bond donors (Lipinski definition) is 1. The van der Waals surface area contributed by atoms with Crippen molar-refractivity contribution in [2.75, 3.05) is 6.61 Å². The zero-order valence-electron chi connectivity index (χ0n) is 14.7. The lowest BCUT2D eigenvalue weighted by Gasteiger charge is -2.26. The van der Waals surface area contributed by atoms with Crippen LogP contribution >= 0.6 is 11.6 Å². The van der Waals surface area contributed by atoms with E-state index in [0.717, 1.165) is 22.3 Å². The average Bonchev–Trinajstić information content (AvgIpc) is 3.05. The minimum atomic E-state index is -0.708. The highest BCUT2D eigenvalue weighted by Gasteiger charge is 2.40. The number of halogens is 1. The molecule has 1 unspecified atom stereocenters. The van der Waals surface area contributed by atoms with E-state index in [-0.39, 0.29) is 6.02 Å². The molecule has 2 aromatic rings. The lowest BCUT2D eigenvalue weighted by molar-refractivity contribution is 0.278. The predicted octanol–water partition coefficient (Wildman–Crippen LogP) is 5.24. The van der Waals surface area contributed by atoms with E-state index in [0.29, 0.717) is 11.6 Å². The van der Waals surface area contributed by atoms with Crippen LogP contribution in [0.4, 0.5) is 0 Å². The maximum atomic E-state index is 6.15. The second-order valence-electron chi connectivity index (χ2n) is 6.04. The van der Waals surface area contributed by atoms with E-state index in [4.69, 9.17) is 22.1 Å². The van der Waals surface area contributed by atoms with Crippen LogP contribution in [0.2, 0.25) is 5.02 Å². The van der Waals surface area contributed by atoms with E-state index in [1.165, 1.54) is 0 Å². The van der Waals surface area contributed by atoms with Crippen molar-refractivity contribution >= 4 is 17.6 Å². The second-order valence-corrected chi connectivity index (χ2v) is 6.48. The summed E-state index contributed by atoms with van der Waals surface area (Å²) in [5.74, 6) is 0. The van der Waals surface area contributed by atoms with Gasteiger partial charge in [0.25, 0.3) is 6.02 Å². The Hall–Kier alpha value is -2.78. The van der Waals surface area contributed by atoms with Gasteiger partial charge in [0.2, 0.25) is 0 Å². The first-order valence-corrected chi connectivity index (χ1v) is 8.77. The van der Waals surface area contributed by atoms with Crippen LogP contribution in [-0.2, 0) is 10.3 Å². The third-order valence-corrected chi connectivity index (χ3v) is 4.63. The molecule has 26 heavy (non-hydrogen) atoms. The standard InChI is InChI=1S/C22H21ClN2O/c1-3-5-10-18(4-2)22(15-26-21(24)25-22)19-11-6-8-16(13-19)17-9-7-12-20(23)14-17/h3-14H,2,15H2,1H3,(H2,24,25)/b5-3-,18-10+. The van der Waals surface area contributed by atoms with Gasteiger partial charge in [0.1, 0.15) is 6.61 Å². The highest BCUT2D eigenvalue weighted by Crippen LogP contribution is 2.39. The summed E-state index contributed by atoms with van der Waals surface area (Å²) in [6.45, 7) is 6.27. The molecule has 1 aliphatic rings. The Labute approximate surface area is 159 Å². The summed E-state index contributed by atoms with van der Waals surface area (Å²) in [6.07, 6.45) is 7.72. The van der Waals surface area contributed by atoms with Gasteiger partial charge in [-0.2, -0.15) is 0 Å². The van der Waals surface area contributed by atoms with Crippen LogP contribution in [0.15, 0.2) is 90.0 Å². The van der Waals surface area contributed by atoms with Gasteiger partial charge in [0.05, 0.1) is 0 Å². The molecule has 0 spiro atoms. The fourth-order valence-electron chi connectivity index (χ4n) is 3.09. The van der Waals surface area contributed by atoms with E-state index in [9.17, 15) is 0 Å². The lowest BCUT2D eigenvalue weighted by Crippen LogP contribution is -2.27. The summed E-state index contributed by atoms with van der Waals surface area (Å²) in [7, 11) is 0. The number of nitrogens with two attached hydrogens (primary N) is 1. The molecule has 0 aromatic heterocycles. The molecule has 3 rings (SSSR count). The minimum absolute atomic E-state index is 0.186. The van der Waals surface area contributed by atoms with Gasteiger partial charge in [0.15, 0.2) is 5.54 Å². The number of aliphatic imine (C=N–C) groups is 1. The third kappa shape index (κ3) is 3.44. The maximum Gasteiger partial charge on any atom is 0.283 e. The van der Waals surface area contributed by atoms with Crippen LogP contribution in [0.5, 0.6) is 0 Å². The van der Waals surface area contributed by atoms with E-state index >= 15 is 0 Å². The molecule has 0 amide bonds. The van der Waals surface area contributed by atoms with Crippen LogP contribution in [0, 0.1) is 0 Å². The summed E-state index contributed by atoms with van der Waals surface area (Å²) in [5, 5.41) is 0.703. The number of hydrogen-bond acceptors (Lipinski definition) is 3. The van der Waals surface area contributed by atoms with Gasteiger partial charge in [0, 0.05) is 5.02 Å². The summed E-state index contributed by atoms with van der Waals surface area (Å²) in [4.78, 5) is 4.64. The van der Waals surface area contributed by atoms with Gasteiger partial charge in [-0.25, -0.2) is 4.99 Å². The highest BCUT2D eigenvalue weighted by molar-refractivity contribution is 6.30. The van der Waals surface area contributed by atoms with E-state index < -0.39 is 5.54 Å². The predicted molar refractivity (Wildman–Crippen MR) is 109 cm³/mol. The average molecular weight is 365 g/mol. The van der Waals surface area contributed by atoms with Gasteiger partial charge in [-0.05, 0) is 47.4 Å². The Kier molecular flexibility index (Phi) is 5.29. The van der Waals surface area contributed by atoms with Gasteiger partial charge in [-0.3, -0.25) is 0 Å². The van der Waals surface area contributed by atoms with Gasteiger partial charge < -0.3 is 10.5 Å². The molecule has 0 aliphatic carbocycles. The molecule has 1 aliphatic heterocycles. The van der Waals surface area contributed by atoms with Crippen molar-refractivity contribution in [3.8, 4) is 11.1 Å². The summed E-state index contributed by atoms with van der Waals surface area (Å²) < 4.78 is 5.54. The normalized spacial score (nSPS) is 20.1. The molecule has 0 fully saturated rings. The fraction of sp³-hybridized carbons (Fsp3) is 0.136. The van der Waals surface area contributed by atoms with Crippen molar-refractivity contribution in [2.24, 2.45) is 10.7 Å². The van der Waals surface area contributed by atoms with Crippen molar-refractivity contribution in [3.05, 3.63) is 95.6 Å². The zero-order valence-corrected chi connectivity index (χ0v) is 15.4. The Morgan fingerprint density at radius 2 is 1.96 bits per heavy atom. The molecule has 0 saturated heterocycles. The second kappa shape index (κ2) is 7.63. The van der Waals surface area contributed by atoms with Crippen molar-refractivity contribution < 1.29 is 4.74 Å². The minimum Gasteiger partial charge on any atom is -0.462 e.